The maximum atomic E-state index is 10.5. The zero-order chi connectivity index (χ0) is 7.61. The Kier molecular flexibility index (Phi) is 4.95. The Hall–Kier alpha value is 0.696. The first kappa shape index (κ1) is 11.7. The molecule has 0 aliphatic rings. The number of aromatic nitrogens is 1. The van der Waals surface area contributed by atoms with Crippen LogP contribution in [-0.4, -0.2) is 13.4 Å². The molecule has 4 nitrogen and oxygen atoms in total. The monoisotopic (exact) mass is 198 g/mol. The Morgan fingerprint density at radius 1 is 1.45 bits per heavy atom. The normalized spacial score (nSPS) is 10.3. The Balaban J connectivity index is 0. The minimum Gasteiger partial charge on any atom is -1.00 e. The molecule has 1 aromatic heterocycles. The van der Waals surface area contributed by atoms with Gasteiger partial charge in [0.1, 0.15) is 0 Å². The summed E-state index contributed by atoms with van der Waals surface area (Å²) in [6.07, 6.45) is 1.37. The fraction of sp³-hybridized carbons (Fsp3) is 0. The topological polar surface area (TPSA) is 73.1 Å². The van der Waals surface area contributed by atoms with Crippen molar-refractivity contribution >= 4 is 10.0 Å². The van der Waals surface area contributed by atoms with E-state index in [1.165, 1.54) is 12.3 Å². The van der Waals surface area contributed by atoms with E-state index in [1.54, 1.807) is 12.1 Å². The minimum atomic E-state index is -3.61. The third-order valence-electron chi connectivity index (χ3n) is 0.929. The van der Waals surface area contributed by atoms with Gasteiger partial charge in [-0.3, -0.25) is 0 Å². The van der Waals surface area contributed by atoms with Gasteiger partial charge in [0.2, 0.25) is 0 Å². The number of nitrogens with zero attached hydrogens (tertiary/aromatic N) is 1. The SMILES string of the molecule is NS(=O)(=O)c1ccccn1.[H-].[K+]. The summed E-state index contributed by atoms with van der Waals surface area (Å²) in [6.45, 7) is 0. The van der Waals surface area contributed by atoms with Crippen LogP contribution < -0.4 is 56.5 Å². The predicted molar refractivity (Wildman–Crippen MR) is 36.7 cm³/mol. The molecular weight excluding hydrogens is 191 g/mol. The molecule has 0 unspecified atom stereocenters. The molecule has 0 saturated heterocycles. The number of sulfonamides is 1. The summed E-state index contributed by atoms with van der Waals surface area (Å²) in [5.74, 6) is 0. The number of pyridine rings is 1. The number of hydrogen-bond donors (Lipinski definition) is 1. The van der Waals surface area contributed by atoms with Gasteiger partial charge in [0, 0.05) is 6.20 Å². The van der Waals surface area contributed by atoms with Crippen LogP contribution in [0.1, 0.15) is 1.43 Å². The van der Waals surface area contributed by atoms with Gasteiger partial charge in [0.05, 0.1) is 0 Å². The average Bonchev–Trinajstić information content (AvgIpc) is 1.88. The van der Waals surface area contributed by atoms with E-state index in [4.69, 9.17) is 5.14 Å². The fourth-order valence-electron chi connectivity index (χ4n) is 0.515. The molecule has 0 aliphatic heterocycles. The van der Waals surface area contributed by atoms with Gasteiger partial charge < -0.3 is 1.43 Å². The van der Waals surface area contributed by atoms with E-state index in [2.05, 4.69) is 4.98 Å². The van der Waals surface area contributed by atoms with Gasteiger partial charge in [-0.1, -0.05) is 6.07 Å². The van der Waals surface area contributed by atoms with Crippen molar-refractivity contribution in [2.75, 3.05) is 0 Å². The Bertz CT molecular complexity index is 315. The molecule has 0 radical (unpaired) electrons. The summed E-state index contributed by atoms with van der Waals surface area (Å²) in [7, 11) is -3.61. The van der Waals surface area contributed by atoms with Crippen molar-refractivity contribution in [1.82, 2.24) is 4.98 Å². The molecule has 0 bridgehead atoms. The standard InChI is InChI=1S/C5H6N2O2S.K.H/c6-10(8,9)5-3-1-2-4-7-5;;/h1-4H,(H2,6,8,9);;/q;+1;-1. The van der Waals surface area contributed by atoms with Crippen LogP contribution in [0.15, 0.2) is 29.4 Å². The summed E-state index contributed by atoms with van der Waals surface area (Å²) in [6, 6.07) is 4.52. The van der Waals surface area contributed by atoms with E-state index in [-0.39, 0.29) is 57.8 Å². The van der Waals surface area contributed by atoms with Crippen LogP contribution >= 0.6 is 0 Å². The van der Waals surface area contributed by atoms with Crippen molar-refractivity contribution < 1.29 is 61.2 Å². The van der Waals surface area contributed by atoms with Gasteiger partial charge in [0.15, 0.2) is 5.03 Å². The van der Waals surface area contributed by atoms with Gasteiger partial charge in [-0.05, 0) is 12.1 Å². The zero-order valence-electron chi connectivity index (χ0n) is 7.06. The van der Waals surface area contributed by atoms with Gasteiger partial charge in [0.25, 0.3) is 10.0 Å². The molecular formula is C5H7KN2O2S. The first-order valence-corrected chi connectivity index (χ1v) is 4.09. The van der Waals surface area contributed by atoms with E-state index in [0.29, 0.717) is 0 Å². The molecule has 6 heteroatoms. The van der Waals surface area contributed by atoms with Gasteiger partial charge in [-0.15, -0.1) is 0 Å². The first-order valence-electron chi connectivity index (χ1n) is 2.54. The number of nitrogens with two attached hydrogens (primary N) is 1. The molecule has 0 spiro atoms. The van der Waals surface area contributed by atoms with Crippen LogP contribution in [0, 0.1) is 0 Å². The van der Waals surface area contributed by atoms with Crippen molar-refractivity contribution in [2.24, 2.45) is 5.14 Å². The zero-order valence-corrected chi connectivity index (χ0v) is 10.00. The number of primary sulfonamides is 1. The van der Waals surface area contributed by atoms with Crippen LogP contribution in [0.25, 0.3) is 0 Å². The van der Waals surface area contributed by atoms with Crippen molar-refractivity contribution in [2.45, 2.75) is 5.03 Å². The Labute approximate surface area is 109 Å². The molecule has 1 rings (SSSR count). The number of hydrogen-bond acceptors (Lipinski definition) is 3. The Morgan fingerprint density at radius 2 is 2.09 bits per heavy atom. The van der Waals surface area contributed by atoms with Crippen molar-refractivity contribution in [3.63, 3.8) is 0 Å². The summed E-state index contributed by atoms with van der Waals surface area (Å²) in [5, 5.41) is 4.66. The van der Waals surface area contributed by atoms with E-state index in [9.17, 15) is 8.42 Å². The average molecular weight is 198 g/mol. The summed E-state index contributed by atoms with van der Waals surface area (Å²) >= 11 is 0. The molecule has 0 saturated carbocycles. The second-order valence-electron chi connectivity index (χ2n) is 1.71. The molecule has 0 aliphatic carbocycles. The van der Waals surface area contributed by atoms with Crippen molar-refractivity contribution in [3.05, 3.63) is 24.4 Å². The maximum absolute atomic E-state index is 10.5. The van der Waals surface area contributed by atoms with Gasteiger partial charge in [-0.2, -0.15) is 0 Å². The second kappa shape index (κ2) is 4.66. The van der Waals surface area contributed by atoms with E-state index < -0.39 is 10.0 Å². The quantitative estimate of drug-likeness (QED) is 0.484. The molecule has 11 heavy (non-hydrogen) atoms. The second-order valence-corrected chi connectivity index (χ2v) is 3.22. The summed E-state index contributed by atoms with van der Waals surface area (Å²) in [5.41, 5.74) is 0. The third kappa shape index (κ3) is 3.75. The van der Waals surface area contributed by atoms with Crippen LogP contribution in [-0.2, 0) is 10.0 Å². The van der Waals surface area contributed by atoms with E-state index >= 15 is 0 Å². The molecule has 0 atom stereocenters. The molecule has 56 valence electrons. The van der Waals surface area contributed by atoms with Gasteiger partial charge >= 0.3 is 51.4 Å². The summed E-state index contributed by atoms with van der Waals surface area (Å²) < 4.78 is 21.1. The first-order chi connectivity index (χ1) is 4.61. The van der Waals surface area contributed by atoms with Crippen LogP contribution in [0.4, 0.5) is 0 Å². The molecule has 0 aromatic carbocycles. The molecule has 0 amide bonds. The Morgan fingerprint density at radius 3 is 2.36 bits per heavy atom. The molecule has 0 fully saturated rings. The molecule has 1 heterocycles. The van der Waals surface area contributed by atoms with Gasteiger partial charge in [-0.25, -0.2) is 18.5 Å². The maximum Gasteiger partial charge on any atom is 1.00 e. The molecule has 2 N–H and O–H groups in total. The van der Waals surface area contributed by atoms with E-state index in [0.717, 1.165) is 0 Å². The number of rotatable bonds is 1. The summed E-state index contributed by atoms with van der Waals surface area (Å²) in [4.78, 5) is 3.54. The van der Waals surface area contributed by atoms with Crippen molar-refractivity contribution in [3.8, 4) is 0 Å². The van der Waals surface area contributed by atoms with Crippen molar-refractivity contribution in [1.29, 1.82) is 0 Å². The predicted octanol–water partition coefficient (Wildman–Crippen LogP) is -3.15. The third-order valence-corrected chi connectivity index (χ3v) is 1.75. The minimum absolute atomic E-state index is 0. The van der Waals surface area contributed by atoms with Crippen LogP contribution in [0.3, 0.4) is 0 Å². The smallest absolute Gasteiger partial charge is 1.00 e. The van der Waals surface area contributed by atoms with Crippen LogP contribution in [0.5, 0.6) is 0 Å². The fourth-order valence-corrected chi connectivity index (χ4v) is 0.991. The largest absolute Gasteiger partial charge is 1.00 e. The van der Waals surface area contributed by atoms with E-state index in [1.807, 2.05) is 0 Å². The van der Waals surface area contributed by atoms with Crippen LogP contribution in [0.2, 0.25) is 0 Å². The molecule has 1 aromatic rings.